The minimum atomic E-state index is -0.318. The van der Waals surface area contributed by atoms with Gasteiger partial charge in [-0.15, -0.1) is 0 Å². The van der Waals surface area contributed by atoms with Gasteiger partial charge in [-0.3, -0.25) is 0 Å². The molecule has 0 fully saturated rings. The zero-order chi connectivity index (χ0) is 48.5. The molecule has 0 aromatic heterocycles. The Morgan fingerprint density at radius 1 is 0.424 bits per heavy atom. The van der Waals surface area contributed by atoms with Crippen molar-refractivity contribution in [3.63, 3.8) is 0 Å². The molecular formula is C55H111ClNO8S+. The van der Waals surface area contributed by atoms with Gasteiger partial charge in [0.1, 0.15) is 12.6 Å². The van der Waals surface area contributed by atoms with Crippen LogP contribution in [0.4, 0.5) is 0 Å². The average Bonchev–Trinajstić information content (AvgIpc) is 3.32. The smallest absolute Gasteiger partial charge is 0.157 e. The number of rotatable bonds is 55. The summed E-state index contributed by atoms with van der Waals surface area (Å²) in [5.41, 5.74) is 0. The third-order valence-corrected chi connectivity index (χ3v) is 12.0. The number of aliphatic hydroxyl groups excluding tert-OH is 2. The van der Waals surface area contributed by atoms with Gasteiger partial charge in [-0.1, -0.05) is 166 Å². The highest BCUT2D eigenvalue weighted by Gasteiger charge is 2.23. The van der Waals surface area contributed by atoms with E-state index < -0.39 is 0 Å². The van der Waals surface area contributed by atoms with Crippen molar-refractivity contribution in [2.24, 2.45) is 0 Å². The Bertz CT molecular complexity index is 935. The number of hydrogen-bond acceptors (Lipinski definition) is 9. The molecule has 0 amide bonds. The Balaban J connectivity index is 0. The maximum absolute atomic E-state index is 8.96. The molecule has 0 aliphatic carbocycles. The highest BCUT2D eigenvalue weighted by Crippen LogP contribution is 2.15. The van der Waals surface area contributed by atoms with E-state index in [1.54, 1.807) is 0 Å². The first-order chi connectivity index (χ1) is 32.5. The van der Waals surface area contributed by atoms with Gasteiger partial charge in [-0.2, -0.15) is 0 Å². The number of thiol groups is 1. The molecule has 0 radical (unpaired) electrons. The number of hydrogen-bond donors (Lipinski definition) is 3. The highest BCUT2D eigenvalue weighted by molar-refractivity contribution is 8.05. The van der Waals surface area contributed by atoms with E-state index in [-0.39, 0.29) is 25.6 Å². The summed E-state index contributed by atoms with van der Waals surface area (Å²) in [5, 5.41) is 17.9. The number of allylic oxidation sites excluding steroid dienone is 4. The van der Waals surface area contributed by atoms with Crippen LogP contribution in [0.1, 0.15) is 219 Å². The molecule has 0 aromatic rings. The van der Waals surface area contributed by atoms with Crippen LogP contribution in [0.2, 0.25) is 0 Å². The van der Waals surface area contributed by atoms with E-state index in [1.165, 1.54) is 167 Å². The molecule has 9 nitrogen and oxygen atoms in total. The van der Waals surface area contributed by atoms with E-state index in [1.807, 2.05) is 0 Å². The number of aliphatic hydroxyl groups is 2. The Labute approximate surface area is 419 Å². The molecule has 0 rings (SSSR count). The second kappa shape index (κ2) is 59.1. The van der Waals surface area contributed by atoms with Gasteiger partial charge in [0, 0.05) is 13.2 Å². The molecule has 1 atom stereocenters. The van der Waals surface area contributed by atoms with Gasteiger partial charge >= 0.3 is 0 Å². The minimum Gasteiger partial charge on any atom is -0.394 e. The number of likely N-dealkylation sites (N-methyl/N-ethyl adjacent to an activating group) is 1. The maximum atomic E-state index is 8.96. The SMILES string of the molecule is CCCCCCCC/C=C\CCCCCCCCOCC(C[N+](C)(C)CCCCCC(OCCOCCO)OCCOCCO)OCCCCCCCC/C=C\CCCCCCCC.SCl. The summed E-state index contributed by atoms with van der Waals surface area (Å²) in [5.74, 6) is 0. The van der Waals surface area contributed by atoms with E-state index >= 15 is 0 Å². The summed E-state index contributed by atoms with van der Waals surface area (Å²) in [6.07, 6.45) is 50.4. The first-order valence-electron chi connectivity index (χ1n) is 27.6. The lowest BCUT2D eigenvalue weighted by Crippen LogP contribution is -2.48. The van der Waals surface area contributed by atoms with Crippen LogP contribution < -0.4 is 0 Å². The maximum Gasteiger partial charge on any atom is 0.157 e. The lowest BCUT2D eigenvalue weighted by molar-refractivity contribution is -0.893. The van der Waals surface area contributed by atoms with Crippen LogP contribution in [0.5, 0.6) is 0 Å². The molecule has 396 valence electrons. The van der Waals surface area contributed by atoms with E-state index in [4.69, 9.17) is 38.6 Å². The second-order valence-corrected chi connectivity index (χ2v) is 19.0. The first kappa shape index (κ1) is 67.8. The summed E-state index contributed by atoms with van der Waals surface area (Å²) in [6.45, 7) is 11.3. The normalized spacial score (nSPS) is 12.6. The summed E-state index contributed by atoms with van der Waals surface area (Å²) < 4.78 is 36.4. The van der Waals surface area contributed by atoms with Crippen molar-refractivity contribution in [2.75, 3.05) is 99.9 Å². The Kier molecular flexibility index (Phi) is 60.7. The van der Waals surface area contributed by atoms with Gasteiger partial charge < -0.3 is 43.1 Å². The van der Waals surface area contributed by atoms with E-state index in [9.17, 15) is 0 Å². The molecule has 1 unspecified atom stereocenters. The zero-order valence-electron chi connectivity index (χ0n) is 43.9. The number of quaternary nitrogens is 1. The quantitative estimate of drug-likeness (QED) is 0.0182. The summed E-state index contributed by atoms with van der Waals surface area (Å²) in [4.78, 5) is 0. The number of ether oxygens (including phenoxy) is 6. The van der Waals surface area contributed by atoms with Crippen LogP contribution in [-0.2, 0) is 28.4 Å². The third-order valence-electron chi connectivity index (χ3n) is 12.0. The fraction of sp³-hybridized carbons (Fsp3) is 0.927. The standard InChI is InChI=1S/C55H110NO8.ClHS/c1-5-7-9-11-13-15-17-19-21-23-25-27-29-31-33-38-44-61-53-54(62-45-39-34-32-30-28-26-24-22-20-18-16-14-12-10-8-6-2)52-56(3,4)41-37-35-36-40-55(63-50-48-59-46-42-57)64-51-49-60-47-43-58;1-2/h19-22,54-55,57-58H,5-18,23-53H2,1-4H3;2H/q+1;/b21-19-,22-20-;. The largest absolute Gasteiger partial charge is 0.394 e. The topological polar surface area (TPSA) is 95.8 Å². The Morgan fingerprint density at radius 3 is 1.26 bits per heavy atom. The van der Waals surface area contributed by atoms with Crippen molar-refractivity contribution in [1.29, 1.82) is 0 Å². The van der Waals surface area contributed by atoms with Gasteiger partial charge in [0.05, 0.1) is 80.1 Å². The lowest BCUT2D eigenvalue weighted by Gasteiger charge is -2.33. The van der Waals surface area contributed by atoms with E-state index in [0.717, 1.165) is 69.3 Å². The molecular weight excluding hydrogens is 870 g/mol. The van der Waals surface area contributed by atoms with Gasteiger partial charge in [0.25, 0.3) is 0 Å². The molecule has 0 aliphatic heterocycles. The van der Waals surface area contributed by atoms with Crippen LogP contribution in [0, 0.1) is 0 Å². The lowest BCUT2D eigenvalue weighted by atomic mass is 10.1. The number of unbranched alkanes of at least 4 members (excludes halogenated alkanes) is 26. The molecule has 66 heavy (non-hydrogen) atoms. The fourth-order valence-corrected chi connectivity index (χ4v) is 8.11. The van der Waals surface area contributed by atoms with Crippen molar-refractivity contribution in [1.82, 2.24) is 0 Å². The predicted molar refractivity (Wildman–Crippen MR) is 286 cm³/mol. The van der Waals surface area contributed by atoms with Crippen LogP contribution >= 0.6 is 22.5 Å². The second-order valence-electron chi connectivity index (χ2n) is 19.0. The molecule has 0 saturated carbocycles. The number of nitrogens with zero attached hydrogens (tertiary/aromatic N) is 1. The molecule has 0 bridgehead atoms. The molecule has 11 heteroatoms. The molecule has 2 N–H and O–H groups in total. The molecule has 0 aromatic carbocycles. The summed E-state index contributed by atoms with van der Waals surface area (Å²) >= 11 is 3.00. The highest BCUT2D eigenvalue weighted by atomic mass is 35.7. The number of halogens is 1. The summed E-state index contributed by atoms with van der Waals surface area (Å²) in [6, 6.07) is 0. The van der Waals surface area contributed by atoms with Gasteiger partial charge in [-0.25, -0.2) is 0 Å². The Hall–Kier alpha value is -0.240. The van der Waals surface area contributed by atoms with Crippen molar-refractivity contribution in [3.8, 4) is 0 Å². The molecule has 0 heterocycles. The van der Waals surface area contributed by atoms with Crippen LogP contribution in [0.25, 0.3) is 0 Å². The molecule has 0 aliphatic rings. The average molecular weight is 982 g/mol. The van der Waals surface area contributed by atoms with Gasteiger partial charge in [-0.05, 0) is 101 Å². The van der Waals surface area contributed by atoms with Crippen LogP contribution in [-0.4, -0.2) is 127 Å². The van der Waals surface area contributed by atoms with Crippen molar-refractivity contribution < 1.29 is 43.1 Å². The van der Waals surface area contributed by atoms with Crippen molar-refractivity contribution >= 4 is 22.5 Å². The first-order valence-corrected chi connectivity index (χ1v) is 28.9. The predicted octanol–water partition coefficient (Wildman–Crippen LogP) is 14.5. The van der Waals surface area contributed by atoms with Crippen molar-refractivity contribution in [3.05, 3.63) is 24.3 Å². The van der Waals surface area contributed by atoms with Crippen LogP contribution in [0.15, 0.2) is 24.3 Å². The fourth-order valence-electron chi connectivity index (χ4n) is 8.11. The molecule has 0 saturated heterocycles. The van der Waals surface area contributed by atoms with E-state index in [0.29, 0.717) is 46.2 Å². The monoisotopic (exact) mass is 981 g/mol. The minimum absolute atomic E-state index is 0.00699. The van der Waals surface area contributed by atoms with Gasteiger partial charge in [0.2, 0.25) is 0 Å². The third kappa shape index (κ3) is 56.3. The molecule has 0 spiro atoms. The van der Waals surface area contributed by atoms with E-state index in [2.05, 4.69) is 74.8 Å². The van der Waals surface area contributed by atoms with Gasteiger partial charge in [0.15, 0.2) is 6.29 Å². The zero-order valence-corrected chi connectivity index (χ0v) is 45.6. The van der Waals surface area contributed by atoms with Crippen molar-refractivity contribution in [2.45, 2.75) is 232 Å². The summed E-state index contributed by atoms with van der Waals surface area (Å²) in [7, 11) is 9.00. The van der Waals surface area contributed by atoms with Crippen LogP contribution in [0.3, 0.4) is 0 Å². The Morgan fingerprint density at radius 2 is 0.818 bits per heavy atom.